The molecule has 0 saturated carbocycles. The van der Waals surface area contributed by atoms with E-state index in [1.165, 1.54) is 105 Å². The van der Waals surface area contributed by atoms with Gasteiger partial charge in [0.05, 0.1) is 27.8 Å². The maximum Gasteiger partial charge on any atom is 0.0541 e. The molecule has 12 rings (SSSR count). The van der Waals surface area contributed by atoms with Crippen molar-refractivity contribution >= 4 is 43.6 Å². The zero-order chi connectivity index (χ0) is 37.5. The monoisotopic (exact) mass is 724 g/mol. The Morgan fingerprint density at radius 1 is 0.298 bits per heavy atom. The molecule has 0 bridgehead atoms. The quantitative estimate of drug-likeness (QED) is 0.167. The van der Waals surface area contributed by atoms with Gasteiger partial charge in [0, 0.05) is 38.7 Å². The largest absolute Gasteiger partial charge is 0.309 e. The lowest BCUT2D eigenvalue weighted by Gasteiger charge is -2.17. The highest BCUT2D eigenvalue weighted by molar-refractivity contribution is 6.11. The molecule has 1 atom stereocenters. The van der Waals surface area contributed by atoms with Gasteiger partial charge in [0.15, 0.2) is 0 Å². The fourth-order valence-electron chi connectivity index (χ4n) is 9.73. The van der Waals surface area contributed by atoms with Gasteiger partial charge in [-0.1, -0.05) is 158 Å². The first-order chi connectivity index (χ1) is 28.3. The van der Waals surface area contributed by atoms with Gasteiger partial charge in [0.1, 0.15) is 0 Å². The minimum absolute atomic E-state index is 0.140. The number of hydrogen-bond acceptors (Lipinski definition) is 0. The van der Waals surface area contributed by atoms with Crippen LogP contribution in [-0.4, -0.2) is 9.13 Å². The minimum atomic E-state index is 0.140. The summed E-state index contributed by atoms with van der Waals surface area (Å²) >= 11 is 0. The second-order valence-corrected chi connectivity index (χ2v) is 15.3. The normalized spacial score (nSPS) is 13.4. The fourth-order valence-corrected chi connectivity index (χ4v) is 9.73. The summed E-state index contributed by atoms with van der Waals surface area (Å²) in [6.45, 7) is 0. The average Bonchev–Trinajstić information content (AvgIpc) is 3.92. The summed E-state index contributed by atoms with van der Waals surface area (Å²) < 4.78 is 4.82. The van der Waals surface area contributed by atoms with Crippen molar-refractivity contribution in [3.05, 3.63) is 229 Å². The molecule has 1 aliphatic rings. The first-order valence-corrected chi connectivity index (χ1v) is 19.8. The number of fused-ring (bicyclic) bond motifs is 9. The molecule has 2 nitrogen and oxygen atoms in total. The third kappa shape index (κ3) is 4.84. The van der Waals surface area contributed by atoms with Gasteiger partial charge in [-0.15, -0.1) is 0 Å². The van der Waals surface area contributed by atoms with E-state index in [1.807, 2.05) is 0 Å². The van der Waals surface area contributed by atoms with Crippen molar-refractivity contribution in [3.8, 4) is 44.8 Å². The molecule has 0 spiro atoms. The first-order valence-electron chi connectivity index (χ1n) is 19.8. The topological polar surface area (TPSA) is 9.86 Å². The average molecular weight is 725 g/mol. The predicted molar refractivity (Wildman–Crippen MR) is 239 cm³/mol. The van der Waals surface area contributed by atoms with E-state index < -0.39 is 0 Å². The van der Waals surface area contributed by atoms with Crippen LogP contribution in [0.4, 0.5) is 0 Å². The van der Waals surface area contributed by atoms with E-state index in [9.17, 15) is 0 Å². The van der Waals surface area contributed by atoms with Crippen LogP contribution in [0.15, 0.2) is 212 Å². The Morgan fingerprint density at radius 3 is 1.63 bits per heavy atom. The molecule has 2 heterocycles. The molecule has 57 heavy (non-hydrogen) atoms. The second-order valence-electron chi connectivity index (χ2n) is 15.3. The molecule has 0 fully saturated rings. The number of rotatable bonds is 5. The highest BCUT2D eigenvalue weighted by Crippen LogP contribution is 2.50. The van der Waals surface area contributed by atoms with Crippen molar-refractivity contribution in [2.24, 2.45) is 0 Å². The molecule has 0 saturated heterocycles. The molecule has 0 amide bonds. The molecule has 2 aromatic heterocycles. The predicted octanol–water partition coefficient (Wildman–Crippen LogP) is 14.4. The standard InChI is InChI=1S/C55H36N2/c1-2-17-40(18-3-1)56-51-26-11-9-23-45(51)49-34-37(30-32-54(49)56)36-15-14-16-39(33-36)55-46-24-5-4-20-42(46)48-35-38(29-31-47(48)55)41-19-6-10-25-50(41)57-52-27-12-7-21-43(52)44-22-8-13-28-53(44)57/h1-35,55H. The van der Waals surface area contributed by atoms with E-state index >= 15 is 0 Å². The number of hydrogen-bond donors (Lipinski definition) is 0. The van der Waals surface area contributed by atoms with Crippen molar-refractivity contribution in [2.45, 2.75) is 5.92 Å². The van der Waals surface area contributed by atoms with Gasteiger partial charge in [-0.3, -0.25) is 0 Å². The SMILES string of the molecule is c1ccc(-n2c3ccccc3c3cc(-c4cccc(C5c6ccccc6-c6cc(-c7ccccc7-n7c8ccccc8c8ccccc87)ccc65)c4)ccc32)cc1. The van der Waals surface area contributed by atoms with Crippen molar-refractivity contribution in [2.75, 3.05) is 0 Å². The second kappa shape index (κ2) is 12.6. The summed E-state index contributed by atoms with van der Waals surface area (Å²) in [7, 11) is 0. The van der Waals surface area contributed by atoms with Gasteiger partial charge in [0.2, 0.25) is 0 Å². The van der Waals surface area contributed by atoms with E-state index in [0.29, 0.717) is 0 Å². The Bertz CT molecular complexity index is 3310. The number of benzene rings is 9. The van der Waals surface area contributed by atoms with E-state index in [4.69, 9.17) is 0 Å². The minimum Gasteiger partial charge on any atom is -0.309 e. The van der Waals surface area contributed by atoms with Crippen LogP contribution < -0.4 is 0 Å². The lowest BCUT2D eigenvalue weighted by atomic mass is 9.87. The Morgan fingerprint density at radius 2 is 0.860 bits per heavy atom. The Balaban J connectivity index is 0.975. The van der Waals surface area contributed by atoms with Gasteiger partial charge in [-0.2, -0.15) is 0 Å². The molecule has 0 radical (unpaired) electrons. The summed E-state index contributed by atoms with van der Waals surface area (Å²) in [4.78, 5) is 0. The fraction of sp³-hybridized carbons (Fsp3) is 0.0182. The summed E-state index contributed by atoms with van der Waals surface area (Å²) in [5, 5.41) is 5.08. The van der Waals surface area contributed by atoms with Crippen molar-refractivity contribution in [1.29, 1.82) is 0 Å². The van der Waals surface area contributed by atoms with Gasteiger partial charge in [-0.05, 0) is 99.1 Å². The lowest BCUT2D eigenvalue weighted by molar-refractivity contribution is 1.02. The van der Waals surface area contributed by atoms with E-state index in [2.05, 4.69) is 221 Å². The Hall–Kier alpha value is -7.42. The smallest absolute Gasteiger partial charge is 0.0541 e. The third-order valence-electron chi connectivity index (χ3n) is 12.2. The zero-order valence-electron chi connectivity index (χ0n) is 31.2. The van der Waals surface area contributed by atoms with Gasteiger partial charge in [-0.25, -0.2) is 0 Å². The Kier molecular flexibility index (Phi) is 7.02. The van der Waals surface area contributed by atoms with Crippen LogP contribution in [0.2, 0.25) is 0 Å². The Labute approximate surface area is 331 Å². The molecule has 9 aromatic carbocycles. The van der Waals surface area contributed by atoms with Gasteiger partial charge < -0.3 is 9.13 Å². The zero-order valence-corrected chi connectivity index (χ0v) is 31.2. The molecule has 2 heteroatoms. The van der Waals surface area contributed by atoms with Crippen LogP contribution in [0.3, 0.4) is 0 Å². The number of nitrogens with zero attached hydrogens (tertiary/aromatic N) is 2. The highest BCUT2D eigenvalue weighted by atomic mass is 15.0. The number of aromatic nitrogens is 2. The summed E-state index contributed by atoms with van der Waals surface area (Å²) in [5.74, 6) is 0.140. The van der Waals surface area contributed by atoms with Crippen LogP contribution in [-0.2, 0) is 0 Å². The molecule has 0 aliphatic heterocycles. The van der Waals surface area contributed by atoms with E-state index in [0.717, 1.165) is 0 Å². The summed E-state index contributed by atoms with van der Waals surface area (Å²) in [5.41, 5.74) is 18.8. The van der Waals surface area contributed by atoms with Gasteiger partial charge >= 0.3 is 0 Å². The summed E-state index contributed by atoms with van der Waals surface area (Å²) in [6.07, 6.45) is 0. The first kappa shape index (κ1) is 31.9. The lowest BCUT2D eigenvalue weighted by Crippen LogP contribution is -2.00. The van der Waals surface area contributed by atoms with Crippen LogP contribution in [0.5, 0.6) is 0 Å². The van der Waals surface area contributed by atoms with Gasteiger partial charge in [0.25, 0.3) is 0 Å². The third-order valence-corrected chi connectivity index (χ3v) is 12.2. The van der Waals surface area contributed by atoms with Crippen LogP contribution >= 0.6 is 0 Å². The summed E-state index contributed by atoms with van der Waals surface area (Å²) in [6, 6.07) is 78.2. The maximum atomic E-state index is 2.44. The van der Waals surface area contributed by atoms with Crippen molar-refractivity contribution in [1.82, 2.24) is 9.13 Å². The molecule has 0 N–H and O–H groups in total. The van der Waals surface area contributed by atoms with E-state index in [1.54, 1.807) is 0 Å². The van der Waals surface area contributed by atoms with Crippen LogP contribution in [0.25, 0.3) is 88.4 Å². The molecule has 266 valence electrons. The van der Waals surface area contributed by atoms with Crippen LogP contribution in [0.1, 0.15) is 22.6 Å². The molecular weight excluding hydrogens is 689 g/mol. The highest BCUT2D eigenvalue weighted by Gasteiger charge is 2.30. The molecular formula is C55H36N2. The van der Waals surface area contributed by atoms with Crippen molar-refractivity contribution in [3.63, 3.8) is 0 Å². The molecule has 1 unspecified atom stereocenters. The molecule has 1 aliphatic carbocycles. The van der Waals surface area contributed by atoms with Crippen molar-refractivity contribution < 1.29 is 0 Å². The number of para-hydroxylation sites is 5. The molecule has 11 aromatic rings. The maximum absolute atomic E-state index is 2.44. The van der Waals surface area contributed by atoms with Crippen LogP contribution in [0, 0.1) is 0 Å². The van der Waals surface area contributed by atoms with E-state index in [-0.39, 0.29) is 5.92 Å².